The summed E-state index contributed by atoms with van der Waals surface area (Å²) in [7, 11) is 4.25. The van der Waals surface area contributed by atoms with Crippen LogP contribution < -0.4 is 5.32 Å². The first kappa shape index (κ1) is 31.6. The Bertz CT molecular complexity index is 1070. The lowest BCUT2D eigenvalue weighted by Crippen LogP contribution is -2.34. The molecule has 0 bridgehead atoms. The highest BCUT2D eigenvalue weighted by Crippen LogP contribution is 2.32. The van der Waals surface area contributed by atoms with Gasteiger partial charge in [-0.25, -0.2) is 4.39 Å². The van der Waals surface area contributed by atoms with Gasteiger partial charge in [-0.15, -0.1) is 0 Å². The van der Waals surface area contributed by atoms with Crippen LogP contribution in [0.15, 0.2) is 61.2 Å². The van der Waals surface area contributed by atoms with Gasteiger partial charge in [0, 0.05) is 43.7 Å². The monoisotopic (exact) mass is 553 g/mol. The molecule has 7 nitrogen and oxygen atoms in total. The van der Waals surface area contributed by atoms with Crippen molar-refractivity contribution in [3.8, 4) is 0 Å². The van der Waals surface area contributed by atoms with E-state index in [9.17, 15) is 9.18 Å². The van der Waals surface area contributed by atoms with E-state index in [4.69, 9.17) is 14.2 Å². The fourth-order valence-corrected chi connectivity index (χ4v) is 4.88. The molecule has 1 saturated heterocycles. The van der Waals surface area contributed by atoms with E-state index in [1.54, 1.807) is 12.1 Å². The smallest absolute Gasteiger partial charge is 0.243 e. The van der Waals surface area contributed by atoms with Crippen LogP contribution in [-0.4, -0.2) is 95.1 Å². The zero-order valence-electron chi connectivity index (χ0n) is 24.1. The van der Waals surface area contributed by atoms with E-state index in [1.165, 1.54) is 11.6 Å². The van der Waals surface area contributed by atoms with Gasteiger partial charge in [-0.1, -0.05) is 55.1 Å². The van der Waals surface area contributed by atoms with Crippen LogP contribution in [-0.2, 0) is 25.5 Å². The standard InChI is InChI=1S/C32H44FN3O4/c1-5-32(37)34-15-17-39-19-21-40-20-18-38-16-7-9-26-11-13-27(14-12-26)29-23-36(24-31(29)35(3)4)22-28-25(2)8-6-10-30(28)33/h5-14,29,31H,1,15-24H2,2-4H3,(H,34,37)/b9-7+/t29-,31+/m1/s1. The van der Waals surface area contributed by atoms with Gasteiger partial charge >= 0.3 is 0 Å². The lowest BCUT2D eigenvalue weighted by molar-refractivity contribution is -0.116. The molecule has 0 aromatic heterocycles. The molecule has 0 spiro atoms. The topological polar surface area (TPSA) is 63.3 Å². The van der Waals surface area contributed by atoms with E-state index < -0.39 is 0 Å². The minimum atomic E-state index is -0.203. The van der Waals surface area contributed by atoms with Crippen molar-refractivity contribution in [2.45, 2.75) is 25.4 Å². The first-order chi connectivity index (χ1) is 19.4. The third-order valence-electron chi connectivity index (χ3n) is 7.13. The van der Waals surface area contributed by atoms with Crippen molar-refractivity contribution in [3.05, 3.63) is 89.3 Å². The van der Waals surface area contributed by atoms with Gasteiger partial charge in [0.25, 0.3) is 0 Å². The second kappa shape index (κ2) is 17.0. The molecular weight excluding hydrogens is 509 g/mol. The molecule has 0 aliphatic carbocycles. The summed E-state index contributed by atoms with van der Waals surface area (Å²) >= 11 is 0. The second-order valence-corrected chi connectivity index (χ2v) is 10.2. The van der Waals surface area contributed by atoms with Gasteiger partial charge in [-0.2, -0.15) is 0 Å². The molecule has 1 aliphatic rings. The Morgan fingerprint density at radius 1 is 1.05 bits per heavy atom. The summed E-state index contributed by atoms with van der Waals surface area (Å²) in [5, 5.41) is 2.64. The maximum atomic E-state index is 14.4. The number of amides is 1. The number of likely N-dealkylation sites (N-methyl/N-ethyl adjacent to an activating group) is 1. The number of nitrogens with zero attached hydrogens (tertiary/aromatic N) is 2. The van der Waals surface area contributed by atoms with Gasteiger partial charge in [0.1, 0.15) is 5.82 Å². The van der Waals surface area contributed by atoms with E-state index in [0.717, 1.165) is 29.8 Å². The lowest BCUT2D eigenvalue weighted by atomic mass is 9.93. The number of likely N-dealkylation sites (tertiary alicyclic amines) is 1. The van der Waals surface area contributed by atoms with E-state index >= 15 is 0 Å². The molecule has 2 aromatic carbocycles. The molecule has 2 aromatic rings. The van der Waals surface area contributed by atoms with E-state index in [-0.39, 0.29) is 11.7 Å². The normalized spacial score (nSPS) is 17.6. The van der Waals surface area contributed by atoms with Crippen LogP contribution in [0.25, 0.3) is 6.08 Å². The van der Waals surface area contributed by atoms with Crippen LogP contribution in [0.2, 0.25) is 0 Å². The molecule has 0 radical (unpaired) electrons. The summed E-state index contributed by atoms with van der Waals surface area (Å²) in [5.41, 5.74) is 4.24. The highest BCUT2D eigenvalue weighted by molar-refractivity contribution is 5.86. The van der Waals surface area contributed by atoms with Crippen molar-refractivity contribution in [2.24, 2.45) is 0 Å². The van der Waals surface area contributed by atoms with Crippen molar-refractivity contribution >= 4 is 12.0 Å². The molecule has 8 heteroatoms. The maximum absolute atomic E-state index is 14.4. The van der Waals surface area contributed by atoms with Gasteiger partial charge in [-0.3, -0.25) is 9.69 Å². The maximum Gasteiger partial charge on any atom is 0.243 e. The number of carbonyl (C=O) groups is 1. The largest absolute Gasteiger partial charge is 0.377 e. The Morgan fingerprint density at radius 3 is 2.42 bits per heavy atom. The molecule has 40 heavy (non-hydrogen) atoms. The minimum absolute atomic E-state index is 0.119. The first-order valence-corrected chi connectivity index (χ1v) is 13.9. The second-order valence-electron chi connectivity index (χ2n) is 10.2. The number of benzene rings is 2. The summed E-state index contributed by atoms with van der Waals surface area (Å²) in [6.45, 7) is 11.2. The number of ether oxygens (including phenoxy) is 3. The molecule has 3 rings (SSSR count). The molecule has 1 amide bonds. The summed E-state index contributed by atoms with van der Waals surface area (Å²) in [6.07, 6.45) is 5.30. The fraction of sp³-hybridized carbons (Fsp3) is 0.469. The molecule has 218 valence electrons. The molecule has 1 heterocycles. The summed E-state index contributed by atoms with van der Waals surface area (Å²) < 4.78 is 30.9. The number of nitrogens with one attached hydrogen (secondary N) is 1. The van der Waals surface area contributed by atoms with E-state index in [2.05, 4.69) is 66.1 Å². The van der Waals surface area contributed by atoms with Gasteiger partial charge in [0.15, 0.2) is 0 Å². The Kier molecular flexibility index (Phi) is 13.5. The number of aryl methyl sites for hydroxylation is 1. The predicted octanol–water partition coefficient (Wildman–Crippen LogP) is 4.03. The lowest BCUT2D eigenvalue weighted by Gasteiger charge is -2.25. The minimum Gasteiger partial charge on any atom is -0.377 e. The number of rotatable bonds is 17. The summed E-state index contributed by atoms with van der Waals surface area (Å²) in [4.78, 5) is 15.7. The fourth-order valence-electron chi connectivity index (χ4n) is 4.88. The van der Waals surface area contributed by atoms with Crippen LogP contribution in [0, 0.1) is 12.7 Å². The average molecular weight is 554 g/mol. The number of hydrogen-bond donors (Lipinski definition) is 1. The summed E-state index contributed by atoms with van der Waals surface area (Å²) in [6, 6.07) is 14.4. The van der Waals surface area contributed by atoms with Crippen molar-refractivity contribution in [3.63, 3.8) is 0 Å². The van der Waals surface area contributed by atoms with E-state index in [0.29, 0.717) is 64.7 Å². The van der Waals surface area contributed by atoms with Gasteiger partial charge in [-0.05, 0) is 49.9 Å². The van der Waals surface area contributed by atoms with Gasteiger partial charge in [0.05, 0.1) is 39.6 Å². The molecule has 1 fully saturated rings. The Labute approximate surface area is 238 Å². The zero-order chi connectivity index (χ0) is 28.7. The number of carbonyl (C=O) groups excluding carboxylic acids is 1. The van der Waals surface area contributed by atoms with Crippen molar-refractivity contribution < 1.29 is 23.4 Å². The third kappa shape index (κ3) is 10.3. The molecular formula is C32H44FN3O4. The van der Waals surface area contributed by atoms with Crippen LogP contribution >= 0.6 is 0 Å². The molecule has 1 aliphatic heterocycles. The average Bonchev–Trinajstić information content (AvgIpc) is 3.38. The predicted molar refractivity (Wildman–Crippen MR) is 158 cm³/mol. The Balaban J connectivity index is 1.35. The Hall–Kier alpha value is -2.88. The quantitative estimate of drug-likeness (QED) is 0.236. The summed E-state index contributed by atoms with van der Waals surface area (Å²) in [5.74, 6) is 0.0461. The van der Waals surface area contributed by atoms with Gasteiger partial charge in [0.2, 0.25) is 5.91 Å². The van der Waals surface area contributed by atoms with E-state index in [1.807, 2.05) is 19.1 Å². The van der Waals surface area contributed by atoms with Crippen LogP contribution in [0.3, 0.4) is 0 Å². The number of hydrogen-bond acceptors (Lipinski definition) is 6. The van der Waals surface area contributed by atoms with Crippen LogP contribution in [0.5, 0.6) is 0 Å². The third-order valence-corrected chi connectivity index (χ3v) is 7.13. The first-order valence-electron chi connectivity index (χ1n) is 13.9. The SMILES string of the molecule is C=CC(=O)NCCOCCOCCOC/C=C/c1ccc([C@H]2CN(Cc3c(C)cccc3F)C[C@@H]2N(C)C)cc1. The highest BCUT2D eigenvalue weighted by Gasteiger charge is 2.35. The molecule has 1 N–H and O–H groups in total. The molecule has 0 saturated carbocycles. The number of halogens is 1. The molecule has 2 atom stereocenters. The van der Waals surface area contributed by atoms with Crippen molar-refractivity contribution in [2.75, 3.05) is 73.4 Å². The molecule has 0 unspecified atom stereocenters. The van der Waals surface area contributed by atoms with Gasteiger partial charge < -0.3 is 24.4 Å². The zero-order valence-corrected chi connectivity index (χ0v) is 24.1. The van der Waals surface area contributed by atoms with Crippen LogP contribution in [0.1, 0.15) is 28.2 Å². The van der Waals surface area contributed by atoms with Crippen LogP contribution in [0.4, 0.5) is 4.39 Å². The Morgan fingerprint density at radius 2 is 1.75 bits per heavy atom. The van der Waals surface area contributed by atoms with Crippen molar-refractivity contribution in [1.82, 2.24) is 15.1 Å². The highest BCUT2D eigenvalue weighted by atomic mass is 19.1. The van der Waals surface area contributed by atoms with Crippen molar-refractivity contribution in [1.29, 1.82) is 0 Å².